The molecule has 1 aliphatic rings. The van der Waals surface area contributed by atoms with Gasteiger partial charge in [0.05, 0.1) is 43.0 Å². The minimum absolute atomic E-state index is 0.119. The first-order valence-corrected chi connectivity index (χ1v) is 9.64. The average Bonchev–Trinajstić information content (AvgIpc) is 3.02. The van der Waals surface area contributed by atoms with Crippen molar-refractivity contribution >= 4 is 21.6 Å². The maximum absolute atomic E-state index is 12.7. The van der Waals surface area contributed by atoms with Gasteiger partial charge in [-0.2, -0.15) is 5.10 Å². The molecule has 2 heterocycles. The molecule has 0 unspecified atom stereocenters. The third-order valence-electron chi connectivity index (χ3n) is 4.27. The van der Waals surface area contributed by atoms with E-state index < -0.39 is 10.0 Å². The third-order valence-corrected chi connectivity index (χ3v) is 5.48. The van der Waals surface area contributed by atoms with Gasteiger partial charge in [-0.05, 0) is 30.3 Å². The molecule has 1 N–H and O–H groups in total. The molecule has 8 nitrogen and oxygen atoms in total. The Kier molecular flexibility index (Phi) is 4.53. The zero-order chi connectivity index (χ0) is 18.2. The Morgan fingerprint density at radius 1 is 1.28 bits per heavy atom. The number of amides is 1. The molecule has 1 aromatic carbocycles. The summed E-state index contributed by atoms with van der Waals surface area (Å²) in [5.74, 6) is -0.119. The number of aromatic nitrogens is 2. The molecule has 25 heavy (non-hydrogen) atoms. The van der Waals surface area contributed by atoms with Crippen LogP contribution < -0.4 is 4.31 Å². The second kappa shape index (κ2) is 6.49. The Labute approximate surface area is 146 Å². The first-order chi connectivity index (χ1) is 11.8. The number of aliphatic hydroxyl groups is 1. The summed E-state index contributed by atoms with van der Waals surface area (Å²) >= 11 is 0. The van der Waals surface area contributed by atoms with E-state index in [9.17, 15) is 13.2 Å². The number of rotatable bonds is 4. The normalized spacial score (nSPS) is 14.3. The summed E-state index contributed by atoms with van der Waals surface area (Å²) in [4.78, 5) is 14.4. The van der Waals surface area contributed by atoms with E-state index in [0.717, 1.165) is 16.3 Å². The molecule has 1 aromatic heterocycles. The maximum Gasteiger partial charge on any atom is 0.254 e. The molecule has 0 atom stereocenters. The fourth-order valence-corrected chi connectivity index (χ4v) is 3.27. The van der Waals surface area contributed by atoms with Crippen LogP contribution in [-0.4, -0.2) is 54.0 Å². The van der Waals surface area contributed by atoms with Gasteiger partial charge in [0.1, 0.15) is 0 Å². The molecular formula is C16H20N4O4S. The fourth-order valence-electron chi connectivity index (χ4n) is 2.76. The van der Waals surface area contributed by atoms with E-state index in [1.54, 1.807) is 39.9 Å². The molecule has 0 saturated heterocycles. The number of nitrogens with zero attached hydrogens (tertiary/aromatic N) is 4. The molecule has 0 fully saturated rings. The summed E-state index contributed by atoms with van der Waals surface area (Å²) in [6, 6.07) is 8.29. The molecule has 9 heteroatoms. The lowest BCUT2D eigenvalue weighted by Gasteiger charge is -2.28. The van der Waals surface area contributed by atoms with Crippen LogP contribution in [0.5, 0.6) is 0 Å². The van der Waals surface area contributed by atoms with Crippen LogP contribution in [0.25, 0.3) is 0 Å². The predicted molar refractivity (Wildman–Crippen MR) is 92.6 cm³/mol. The summed E-state index contributed by atoms with van der Waals surface area (Å²) in [5.41, 5.74) is 2.49. The summed E-state index contributed by atoms with van der Waals surface area (Å²) < 4.78 is 26.1. The molecular weight excluding hydrogens is 344 g/mol. The predicted octanol–water partition coefficient (Wildman–Crippen LogP) is 0.427. The lowest BCUT2D eigenvalue weighted by molar-refractivity contribution is 0.0706. The van der Waals surface area contributed by atoms with E-state index in [1.807, 2.05) is 0 Å². The maximum atomic E-state index is 12.7. The second-order valence-corrected chi connectivity index (χ2v) is 8.03. The van der Waals surface area contributed by atoms with E-state index in [1.165, 1.54) is 7.05 Å². The quantitative estimate of drug-likeness (QED) is 0.849. The van der Waals surface area contributed by atoms with Crippen molar-refractivity contribution in [2.45, 2.75) is 19.7 Å². The van der Waals surface area contributed by atoms with Gasteiger partial charge in [-0.3, -0.25) is 13.8 Å². The Bertz CT molecular complexity index is 889. The number of hydrogen-bond acceptors (Lipinski definition) is 5. The highest BCUT2D eigenvalue weighted by Gasteiger charge is 2.23. The SMILES string of the molecule is CN(c1ccc(C(=O)N2CCn3nc(CO)cc3C2)cc1)S(C)(=O)=O. The summed E-state index contributed by atoms with van der Waals surface area (Å²) in [6.07, 6.45) is 1.13. The van der Waals surface area contributed by atoms with Gasteiger partial charge in [0.2, 0.25) is 10.0 Å². The Morgan fingerprint density at radius 3 is 2.56 bits per heavy atom. The summed E-state index contributed by atoms with van der Waals surface area (Å²) in [6.45, 7) is 1.42. The van der Waals surface area contributed by atoms with Crippen molar-refractivity contribution in [1.82, 2.24) is 14.7 Å². The number of aliphatic hydroxyl groups excluding tert-OH is 1. The highest BCUT2D eigenvalue weighted by molar-refractivity contribution is 7.92. The van der Waals surface area contributed by atoms with Crippen molar-refractivity contribution in [2.75, 3.05) is 24.2 Å². The zero-order valence-corrected chi connectivity index (χ0v) is 14.9. The fraction of sp³-hybridized carbons (Fsp3) is 0.375. The molecule has 1 amide bonds. The number of benzene rings is 1. The average molecular weight is 364 g/mol. The smallest absolute Gasteiger partial charge is 0.254 e. The number of anilines is 1. The van der Waals surface area contributed by atoms with Crippen LogP contribution in [0.1, 0.15) is 21.7 Å². The van der Waals surface area contributed by atoms with Crippen LogP contribution in [0, 0.1) is 0 Å². The minimum Gasteiger partial charge on any atom is -0.390 e. The highest BCUT2D eigenvalue weighted by Crippen LogP contribution is 2.20. The summed E-state index contributed by atoms with van der Waals surface area (Å²) in [5, 5.41) is 13.4. The first-order valence-electron chi connectivity index (χ1n) is 7.79. The van der Waals surface area contributed by atoms with Crippen LogP contribution >= 0.6 is 0 Å². The molecule has 2 aromatic rings. The first kappa shape index (κ1) is 17.4. The molecule has 0 saturated carbocycles. The lowest BCUT2D eigenvalue weighted by atomic mass is 10.1. The van der Waals surface area contributed by atoms with Gasteiger partial charge in [-0.1, -0.05) is 0 Å². The number of carbonyl (C=O) groups excluding carboxylic acids is 1. The molecule has 1 aliphatic heterocycles. The molecule has 0 bridgehead atoms. The van der Waals surface area contributed by atoms with Crippen LogP contribution in [0.3, 0.4) is 0 Å². The Hall–Kier alpha value is -2.39. The monoisotopic (exact) mass is 364 g/mol. The van der Waals surface area contributed by atoms with Crippen molar-refractivity contribution in [3.63, 3.8) is 0 Å². The van der Waals surface area contributed by atoms with E-state index in [2.05, 4.69) is 5.10 Å². The number of carbonyl (C=O) groups is 1. The topological polar surface area (TPSA) is 95.7 Å². The standard InChI is InChI=1S/C16H20N4O4S/c1-18(25(2,23)24)14-5-3-12(4-6-14)16(22)19-7-8-20-15(10-19)9-13(11-21)17-20/h3-6,9,21H,7-8,10-11H2,1-2H3. The van der Waals surface area contributed by atoms with E-state index >= 15 is 0 Å². The van der Waals surface area contributed by atoms with Crippen molar-refractivity contribution < 1.29 is 18.3 Å². The van der Waals surface area contributed by atoms with Crippen molar-refractivity contribution in [2.24, 2.45) is 0 Å². The second-order valence-electron chi connectivity index (χ2n) is 6.01. The highest BCUT2D eigenvalue weighted by atomic mass is 32.2. The molecule has 0 radical (unpaired) electrons. The largest absolute Gasteiger partial charge is 0.390 e. The van der Waals surface area contributed by atoms with Crippen LogP contribution in [0.2, 0.25) is 0 Å². The zero-order valence-electron chi connectivity index (χ0n) is 14.1. The molecule has 0 aliphatic carbocycles. The third kappa shape index (κ3) is 3.52. The molecule has 134 valence electrons. The van der Waals surface area contributed by atoms with Gasteiger partial charge in [0.15, 0.2) is 0 Å². The van der Waals surface area contributed by atoms with Crippen molar-refractivity contribution in [3.05, 3.63) is 47.3 Å². The number of hydrogen-bond donors (Lipinski definition) is 1. The lowest BCUT2D eigenvalue weighted by Crippen LogP contribution is -2.38. The minimum atomic E-state index is -3.34. The van der Waals surface area contributed by atoms with Gasteiger partial charge in [-0.15, -0.1) is 0 Å². The van der Waals surface area contributed by atoms with Gasteiger partial charge >= 0.3 is 0 Å². The van der Waals surface area contributed by atoms with E-state index in [4.69, 9.17) is 5.11 Å². The molecule has 0 spiro atoms. The van der Waals surface area contributed by atoms with E-state index in [-0.39, 0.29) is 12.5 Å². The van der Waals surface area contributed by atoms with Gasteiger partial charge < -0.3 is 10.0 Å². The van der Waals surface area contributed by atoms with E-state index in [0.29, 0.717) is 36.6 Å². The van der Waals surface area contributed by atoms with Crippen LogP contribution in [0.4, 0.5) is 5.69 Å². The Balaban J connectivity index is 1.75. The summed E-state index contributed by atoms with van der Waals surface area (Å²) in [7, 11) is -1.87. The van der Waals surface area contributed by atoms with Crippen LogP contribution in [-0.2, 0) is 29.7 Å². The van der Waals surface area contributed by atoms with Crippen molar-refractivity contribution in [3.8, 4) is 0 Å². The molecule has 3 rings (SSSR count). The van der Waals surface area contributed by atoms with Gasteiger partial charge in [0, 0.05) is 19.2 Å². The Morgan fingerprint density at radius 2 is 1.96 bits per heavy atom. The van der Waals surface area contributed by atoms with Crippen molar-refractivity contribution in [1.29, 1.82) is 0 Å². The number of sulfonamides is 1. The van der Waals surface area contributed by atoms with Crippen LogP contribution in [0.15, 0.2) is 30.3 Å². The van der Waals surface area contributed by atoms with Gasteiger partial charge in [0.25, 0.3) is 5.91 Å². The van der Waals surface area contributed by atoms with Gasteiger partial charge in [-0.25, -0.2) is 8.42 Å². The number of fused-ring (bicyclic) bond motifs is 1.